The number of nitrogens with two attached hydrogens (primary N) is 1. The van der Waals surface area contributed by atoms with E-state index in [9.17, 15) is 0 Å². The molecule has 0 atom stereocenters. The maximum atomic E-state index is 6.09. The third-order valence-corrected chi connectivity index (χ3v) is 3.50. The van der Waals surface area contributed by atoms with Crippen molar-refractivity contribution in [1.29, 1.82) is 0 Å². The van der Waals surface area contributed by atoms with Crippen molar-refractivity contribution in [2.45, 2.75) is 25.7 Å². The van der Waals surface area contributed by atoms with E-state index in [1.54, 1.807) is 13.2 Å². The molecule has 0 spiro atoms. The number of hydrogen-bond acceptors (Lipinski definition) is 2. The quantitative estimate of drug-likeness (QED) is 0.661. The average Bonchev–Trinajstić information content (AvgIpc) is 2.85. The van der Waals surface area contributed by atoms with Gasteiger partial charge in [-0.1, -0.05) is 24.4 Å². The summed E-state index contributed by atoms with van der Waals surface area (Å²) in [7, 11) is 1.62. The first kappa shape index (κ1) is 12.2. The Morgan fingerprint density at radius 3 is 2.76 bits per heavy atom. The van der Waals surface area contributed by atoms with Crippen molar-refractivity contribution in [3.05, 3.63) is 23.2 Å². The number of rotatable bonds is 3. The van der Waals surface area contributed by atoms with Gasteiger partial charge >= 0.3 is 0 Å². The van der Waals surface area contributed by atoms with E-state index in [-0.39, 0.29) is 0 Å². The Morgan fingerprint density at radius 2 is 2.12 bits per heavy atom. The number of benzene rings is 1. The van der Waals surface area contributed by atoms with E-state index < -0.39 is 0 Å². The predicted molar refractivity (Wildman–Crippen MR) is 71.2 cm³/mol. The van der Waals surface area contributed by atoms with Gasteiger partial charge in [0.05, 0.1) is 17.8 Å². The molecule has 0 saturated heterocycles. The van der Waals surface area contributed by atoms with Crippen molar-refractivity contribution < 1.29 is 4.74 Å². The Kier molecular flexibility index (Phi) is 3.89. The first-order chi connectivity index (χ1) is 8.20. The number of amidine groups is 1. The van der Waals surface area contributed by atoms with Crippen LogP contribution in [0.2, 0.25) is 5.02 Å². The summed E-state index contributed by atoms with van der Waals surface area (Å²) in [6.45, 7) is 0. The van der Waals surface area contributed by atoms with E-state index in [4.69, 9.17) is 22.1 Å². The van der Waals surface area contributed by atoms with Crippen LogP contribution in [0, 0.1) is 5.92 Å². The smallest absolute Gasteiger partial charge is 0.121 e. The third kappa shape index (κ3) is 2.91. The molecule has 0 unspecified atom stereocenters. The predicted octanol–water partition coefficient (Wildman–Crippen LogP) is 3.53. The fraction of sp³-hybridized carbons (Fsp3) is 0.462. The van der Waals surface area contributed by atoms with Crippen LogP contribution in [0.1, 0.15) is 25.7 Å². The summed E-state index contributed by atoms with van der Waals surface area (Å²) in [5.74, 6) is 1.85. The van der Waals surface area contributed by atoms with Gasteiger partial charge in [0, 0.05) is 12.0 Å². The molecule has 1 aliphatic carbocycles. The highest BCUT2D eigenvalue weighted by Gasteiger charge is 2.18. The molecule has 1 aromatic carbocycles. The lowest BCUT2D eigenvalue weighted by atomic mass is 10.1. The first-order valence-corrected chi connectivity index (χ1v) is 6.26. The average molecular weight is 253 g/mol. The van der Waals surface area contributed by atoms with Gasteiger partial charge in [0.25, 0.3) is 0 Å². The maximum Gasteiger partial charge on any atom is 0.121 e. The van der Waals surface area contributed by atoms with E-state index >= 15 is 0 Å². The minimum atomic E-state index is 0.414. The minimum Gasteiger partial charge on any atom is -0.497 e. The first-order valence-electron chi connectivity index (χ1n) is 5.88. The molecule has 1 fully saturated rings. The molecule has 2 rings (SSSR count). The molecule has 1 saturated carbocycles. The number of ether oxygens (including phenoxy) is 1. The zero-order chi connectivity index (χ0) is 12.3. The van der Waals surface area contributed by atoms with Crippen LogP contribution in [0.4, 0.5) is 5.69 Å². The van der Waals surface area contributed by atoms with Crippen molar-refractivity contribution in [2.75, 3.05) is 7.11 Å². The zero-order valence-corrected chi connectivity index (χ0v) is 10.7. The van der Waals surface area contributed by atoms with Crippen molar-refractivity contribution >= 4 is 23.1 Å². The van der Waals surface area contributed by atoms with Crippen LogP contribution in [0.5, 0.6) is 5.75 Å². The highest BCUT2D eigenvalue weighted by molar-refractivity contribution is 6.33. The molecule has 0 heterocycles. The molecular formula is C13H17ClN2O. The Hall–Kier alpha value is -1.22. The fourth-order valence-electron chi connectivity index (χ4n) is 2.16. The number of nitrogens with zero attached hydrogens (tertiary/aromatic N) is 1. The topological polar surface area (TPSA) is 47.6 Å². The summed E-state index contributed by atoms with van der Waals surface area (Å²) in [6.07, 6.45) is 4.76. The summed E-state index contributed by atoms with van der Waals surface area (Å²) < 4.78 is 5.15. The Labute approximate surface area is 107 Å². The molecule has 92 valence electrons. The summed E-state index contributed by atoms with van der Waals surface area (Å²) >= 11 is 6.09. The molecule has 4 heteroatoms. The molecule has 0 radical (unpaired) electrons. The van der Waals surface area contributed by atoms with Gasteiger partial charge in [-0.2, -0.15) is 0 Å². The van der Waals surface area contributed by atoms with Crippen LogP contribution in [-0.2, 0) is 0 Å². The van der Waals surface area contributed by atoms with Gasteiger partial charge in [0.15, 0.2) is 0 Å². The summed E-state index contributed by atoms with van der Waals surface area (Å²) in [5, 5.41) is 0.603. The molecule has 1 aromatic rings. The van der Waals surface area contributed by atoms with Gasteiger partial charge in [-0.05, 0) is 25.0 Å². The fourth-order valence-corrected chi connectivity index (χ4v) is 2.32. The van der Waals surface area contributed by atoms with Crippen LogP contribution in [0.3, 0.4) is 0 Å². The second kappa shape index (κ2) is 5.41. The van der Waals surface area contributed by atoms with Gasteiger partial charge in [0.2, 0.25) is 0 Å². The Balaban J connectivity index is 2.23. The highest BCUT2D eigenvalue weighted by Crippen LogP contribution is 2.31. The van der Waals surface area contributed by atoms with Gasteiger partial charge in [-0.15, -0.1) is 0 Å². The molecular weight excluding hydrogens is 236 g/mol. The third-order valence-electron chi connectivity index (χ3n) is 3.18. The standard InChI is InChI=1S/C13H17ClN2O/c1-17-10-6-7-11(14)12(8-10)16-13(15)9-4-2-3-5-9/h6-9H,2-5H2,1H3,(H2,15,16). The van der Waals surface area contributed by atoms with Crippen LogP contribution < -0.4 is 10.5 Å². The molecule has 1 aliphatic rings. The summed E-state index contributed by atoms with van der Waals surface area (Å²) in [4.78, 5) is 4.43. The van der Waals surface area contributed by atoms with E-state index in [0.29, 0.717) is 22.5 Å². The molecule has 0 bridgehead atoms. The number of halogens is 1. The molecule has 3 nitrogen and oxygen atoms in total. The number of aliphatic imine (C=N–C) groups is 1. The minimum absolute atomic E-state index is 0.414. The lowest BCUT2D eigenvalue weighted by Crippen LogP contribution is -2.20. The lowest BCUT2D eigenvalue weighted by molar-refractivity contribution is 0.415. The number of methoxy groups -OCH3 is 1. The van der Waals surface area contributed by atoms with Gasteiger partial charge in [-0.3, -0.25) is 0 Å². The second-order valence-electron chi connectivity index (χ2n) is 4.34. The van der Waals surface area contributed by atoms with Gasteiger partial charge < -0.3 is 10.5 Å². The van der Waals surface area contributed by atoms with Crippen molar-refractivity contribution in [1.82, 2.24) is 0 Å². The van der Waals surface area contributed by atoms with E-state index in [0.717, 1.165) is 18.6 Å². The van der Waals surface area contributed by atoms with E-state index in [1.807, 2.05) is 12.1 Å². The lowest BCUT2D eigenvalue weighted by Gasteiger charge is -2.09. The molecule has 2 N–H and O–H groups in total. The number of hydrogen-bond donors (Lipinski definition) is 1. The van der Waals surface area contributed by atoms with E-state index in [1.165, 1.54) is 12.8 Å². The summed E-state index contributed by atoms with van der Waals surface area (Å²) in [6, 6.07) is 5.40. The largest absolute Gasteiger partial charge is 0.497 e. The summed E-state index contributed by atoms with van der Waals surface area (Å²) in [5.41, 5.74) is 6.71. The molecule has 17 heavy (non-hydrogen) atoms. The normalized spacial score (nSPS) is 17.4. The van der Waals surface area contributed by atoms with Crippen LogP contribution in [-0.4, -0.2) is 12.9 Å². The molecule has 0 aliphatic heterocycles. The van der Waals surface area contributed by atoms with Crippen molar-refractivity contribution in [3.8, 4) is 5.75 Å². The van der Waals surface area contributed by atoms with Crippen LogP contribution >= 0.6 is 11.6 Å². The van der Waals surface area contributed by atoms with Gasteiger partial charge in [0.1, 0.15) is 11.6 Å². The molecule has 0 aromatic heterocycles. The van der Waals surface area contributed by atoms with Crippen LogP contribution in [0.25, 0.3) is 0 Å². The van der Waals surface area contributed by atoms with Gasteiger partial charge in [-0.25, -0.2) is 4.99 Å². The van der Waals surface area contributed by atoms with Crippen molar-refractivity contribution in [2.24, 2.45) is 16.6 Å². The maximum absolute atomic E-state index is 6.09. The second-order valence-corrected chi connectivity index (χ2v) is 4.74. The highest BCUT2D eigenvalue weighted by atomic mass is 35.5. The monoisotopic (exact) mass is 252 g/mol. The van der Waals surface area contributed by atoms with Crippen molar-refractivity contribution in [3.63, 3.8) is 0 Å². The Morgan fingerprint density at radius 1 is 1.41 bits per heavy atom. The molecule has 0 amide bonds. The zero-order valence-electron chi connectivity index (χ0n) is 9.95. The Bertz CT molecular complexity index is 425. The van der Waals surface area contributed by atoms with E-state index in [2.05, 4.69) is 4.99 Å². The van der Waals surface area contributed by atoms with Crippen LogP contribution in [0.15, 0.2) is 23.2 Å². The SMILES string of the molecule is COc1ccc(Cl)c(N=C(N)C2CCCC2)c1.